The first kappa shape index (κ1) is 27.4. The molecule has 218 valence electrons. The molecule has 41 heavy (non-hydrogen) atoms. The predicted molar refractivity (Wildman–Crippen MR) is 156 cm³/mol. The number of benzene rings is 2. The van der Waals surface area contributed by atoms with Crippen LogP contribution >= 0.6 is 0 Å². The van der Waals surface area contributed by atoms with Gasteiger partial charge in [0.25, 0.3) is 5.91 Å². The molecule has 0 saturated carbocycles. The predicted octanol–water partition coefficient (Wildman–Crippen LogP) is 4.28. The number of carbonyl (C=O) groups excluding carboxylic acids is 2. The summed E-state index contributed by atoms with van der Waals surface area (Å²) in [6, 6.07) is 13.3. The monoisotopic (exact) mass is 560 g/mol. The highest BCUT2D eigenvalue weighted by Gasteiger charge is 2.47. The second kappa shape index (κ2) is 10.9. The molecule has 1 aromatic heterocycles. The van der Waals surface area contributed by atoms with Crippen LogP contribution in [0.3, 0.4) is 0 Å². The van der Waals surface area contributed by atoms with Gasteiger partial charge in [-0.2, -0.15) is 0 Å². The summed E-state index contributed by atoms with van der Waals surface area (Å²) in [7, 11) is 1.63. The lowest BCUT2D eigenvalue weighted by Gasteiger charge is -2.44. The quantitative estimate of drug-likeness (QED) is 0.414. The Kier molecular flexibility index (Phi) is 7.32. The largest absolute Gasteiger partial charge is 0.497 e. The summed E-state index contributed by atoms with van der Waals surface area (Å²) in [6.07, 6.45) is 2.15. The van der Waals surface area contributed by atoms with Gasteiger partial charge in [-0.1, -0.05) is 19.9 Å². The lowest BCUT2D eigenvalue weighted by Crippen LogP contribution is -2.63. The number of ether oxygens (including phenoxy) is 3. The maximum Gasteiger partial charge on any atom is 0.271 e. The third-order valence-corrected chi connectivity index (χ3v) is 8.79. The Morgan fingerprint density at radius 1 is 1.07 bits per heavy atom. The van der Waals surface area contributed by atoms with Crippen molar-refractivity contribution in [3.8, 4) is 17.2 Å². The molecule has 0 spiro atoms. The molecule has 1 saturated heterocycles. The van der Waals surface area contributed by atoms with Gasteiger partial charge >= 0.3 is 0 Å². The van der Waals surface area contributed by atoms with E-state index in [9.17, 15) is 9.59 Å². The number of likely N-dealkylation sites (tertiary alicyclic amines) is 1. The third kappa shape index (κ3) is 5.23. The first-order valence-corrected chi connectivity index (χ1v) is 14.6. The van der Waals surface area contributed by atoms with Crippen molar-refractivity contribution in [2.75, 3.05) is 40.1 Å². The maximum atomic E-state index is 14.1. The van der Waals surface area contributed by atoms with E-state index in [1.54, 1.807) is 12.0 Å². The Hall–Kier alpha value is -3.72. The Labute approximate surface area is 241 Å². The number of methoxy groups -OCH3 is 1. The Bertz CT molecular complexity index is 1460. The van der Waals surface area contributed by atoms with Crippen LogP contribution in [0.4, 0.5) is 0 Å². The van der Waals surface area contributed by atoms with E-state index in [-0.39, 0.29) is 25.2 Å². The summed E-state index contributed by atoms with van der Waals surface area (Å²) in [5.74, 6) is 3.12. The molecule has 9 heteroatoms. The van der Waals surface area contributed by atoms with E-state index in [1.807, 2.05) is 54.0 Å². The summed E-state index contributed by atoms with van der Waals surface area (Å²) in [6.45, 7) is 11.0. The van der Waals surface area contributed by atoms with E-state index in [0.717, 1.165) is 42.5 Å². The Morgan fingerprint density at radius 2 is 1.85 bits per heavy atom. The zero-order chi connectivity index (χ0) is 28.7. The van der Waals surface area contributed by atoms with Gasteiger partial charge in [0, 0.05) is 37.6 Å². The average molecular weight is 561 g/mol. The van der Waals surface area contributed by atoms with Crippen molar-refractivity contribution in [2.45, 2.75) is 52.2 Å². The summed E-state index contributed by atoms with van der Waals surface area (Å²) < 4.78 is 18.5. The zero-order valence-corrected chi connectivity index (χ0v) is 24.4. The molecular weight excluding hydrogens is 520 g/mol. The maximum absolute atomic E-state index is 14.1. The highest BCUT2D eigenvalue weighted by atomic mass is 16.7. The smallest absolute Gasteiger partial charge is 0.271 e. The van der Waals surface area contributed by atoms with Crippen LogP contribution < -0.4 is 19.5 Å². The molecule has 1 N–H and O–H groups in total. The van der Waals surface area contributed by atoms with Crippen LogP contribution in [0.15, 0.2) is 42.5 Å². The standard InChI is InChI=1S/C32H40N4O5/c1-21-12-22(2)17-34(16-21)11-5-10-33-31(38)32(3)19-35-26-15-25(39-4)8-7-24(26)14-27(35)30(37)36(32)18-23-6-9-28-29(13-23)41-20-40-28/h6-9,13-15,21-22H,5,10-12,16-20H2,1-4H3,(H,33,38)/t21-,22-,32+/m0/s1. The molecule has 6 rings (SSSR count). The van der Waals surface area contributed by atoms with Gasteiger partial charge in [0.2, 0.25) is 12.7 Å². The summed E-state index contributed by atoms with van der Waals surface area (Å²) >= 11 is 0. The van der Waals surface area contributed by atoms with Crippen molar-refractivity contribution in [1.29, 1.82) is 0 Å². The molecule has 0 unspecified atom stereocenters. The van der Waals surface area contributed by atoms with E-state index in [0.29, 0.717) is 47.9 Å². The summed E-state index contributed by atoms with van der Waals surface area (Å²) in [5.41, 5.74) is 1.21. The highest BCUT2D eigenvalue weighted by molar-refractivity contribution is 6.03. The normalized spacial score (nSPS) is 24.0. The van der Waals surface area contributed by atoms with Crippen molar-refractivity contribution in [2.24, 2.45) is 11.8 Å². The third-order valence-electron chi connectivity index (χ3n) is 8.79. The van der Waals surface area contributed by atoms with Gasteiger partial charge in [0.1, 0.15) is 17.0 Å². The minimum absolute atomic E-state index is 0.151. The number of amides is 2. The number of aromatic nitrogens is 1. The SMILES string of the molecule is COc1ccc2cc3n(c2c1)C[C@](C)(C(=O)NCCCN1C[C@@H](C)C[C@H](C)C1)N(Cc1ccc2c(c1)OCO2)C3=O. The van der Waals surface area contributed by atoms with Gasteiger partial charge in [-0.05, 0) is 74.0 Å². The van der Waals surface area contributed by atoms with E-state index in [4.69, 9.17) is 14.2 Å². The molecule has 3 aliphatic rings. The lowest BCUT2D eigenvalue weighted by atomic mass is 9.92. The van der Waals surface area contributed by atoms with E-state index in [1.165, 1.54) is 6.42 Å². The van der Waals surface area contributed by atoms with Gasteiger partial charge in [-0.25, -0.2) is 0 Å². The van der Waals surface area contributed by atoms with Crippen LogP contribution in [-0.2, 0) is 17.9 Å². The molecule has 3 aliphatic heterocycles. The summed E-state index contributed by atoms with van der Waals surface area (Å²) in [5, 5.41) is 4.12. The molecule has 4 heterocycles. The molecule has 2 amide bonds. The molecule has 0 aliphatic carbocycles. The van der Waals surface area contributed by atoms with Crippen molar-refractivity contribution < 1.29 is 23.8 Å². The highest BCUT2D eigenvalue weighted by Crippen LogP contribution is 2.37. The molecule has 9 nitrogen and oxygen atoms in total. The molecule has 0 radical (unpaired) electrons. The fourth-order valence-corrected chi connectivity index (χ4v) is 6.80. The molecule has 1 fully saturated rings. The minimum Gasteiger partial charge on any atom is -0.497 e. The zero-order valence-electron chi connectivity index (χ0n) is 24.4. The lowest BCUT2D eigenvalue weighted by molar-refractivity contribution is -0.133. The molecule has 0 bridgehead atoms. The van der Waals surface area contributed by atoms with Crippen LogP contribution in [0.5, 0.6) is 17.2 Å². The van der Waals surface area contributed by atoms with Crippen LogP contribution in [0, 0.1) is 11.8 Å². The number of fused-ring (bicyclic) bond motifs is 4. The van der Waals surface area contributed by atoms with Gasteiger partial charge in [-0.3, -0.25) is 9.59 Å². The van der Waals surface area contributed by atoms with Crippen LogP contribution in [0.1, 0.15) is 49.7 Å². The molecule has 3 atom stereocenters. The van der Waals surface area contributed by atoms with Crippen molar-refractivity contribution in [3.63, 3.8) is 0 Å². The van der Waals surface area contributed by atoms with E-state index in [2.05, 4.69) is 24.1 Å². The van der Waals surface area contributed by atoms with Crippen molar-refractivity contribution in [1.82, 2.24) is 19.7 Å². The average Bonchev–Trinajstić information content (AvgIpc) is 3.56. The number of rotatable bonds is 8. The van der Waals surface area contributed by atoms with Gasteiger partial charge < -0.3 is 33.9 Å². The second-order valence-electron chi connectivity index (χ2n) is 12.2. The number of nitrogens with zero attached hydrogens (tertiary/aromatic N) is 3. The first-order valence-electron chi connectivity index (χ1n) is 14.6. The van der Waals surface area contributed by atoms with E-state index < -0.39 is 5.54 Å². The van der Waals surface area contributed by atoms with Crippen LogP contribution in [-0.4, -0.2) is 71.8 Å². The van der Waals surface area contributed by atoms with Gasteiger partial charge in [-0.15, -0.1) is 0 Å². The molecular formula is C32H40N4O5. The summed E-state index contributed by atoms with van der Waals surface area (Å²) in [4.78, 5) is 32.3. The number of hydrogen-bond donors (Lipinski definition) is 1. The number of carbonyl (C=O) groups is 2. The Morgan fingerprint density at radius 3 is 2.63 bits per heavy atom. The van der Waals surface area contributed by atoms with Gasteiger partial charge in [0.05, 0.1) is 19.2 Å². The Balaban J connectivity index is 1.25. The fourth-order valence-electron chi connectivity index (χ4n) is 6.80. The fraction of sp³-hybridized carbons (Fsp3) is 0.500. The molecule has 3 aromatic rings. The molecule has 2 aromatic carbocycles. The van der Waals surface area contributed by atoms with Gasteiger partial charge in [0.15, 0.2) is 11.5 Å². The first-order chi connectivity index (χ1) is 19.7. The van der Waals surface area contributed by atoms with E-state index >= 15 is 0 Å². The van der Waals surface area contributed by atoms with Crippen molar-refractivity contribution >= 4 is 22.7 Å². The van der Waals surface area contributed by atoms with Crippen molar-refractivity contribution in [3.05, 3.63) is 53.7 Å². The minimum atomic E-state index is -1.11. The topological polar surface area (TPSA) is 85.3 Å². The second-order valence-corrected chi connectivity index (χ2v) is 12.2. The number of nitrogens with one attached hydrogen (secondary N) is 1. The van der Waals surface area contributed by atoms with Crippen LogP contribution in [0.25, 0.3) is 10.9 Å². The van der Waals surface area contributed by atoms with Crippen LogP contribution in [0.2, 0.25) is 0 Å². The number of hydrogen-bond acceptors (Lipinski definition) is 6. The number of piperidine rings is 1.